The van der Waals surface area contributed by atoms with Crippen LogP contribution in [-0.4, -0.2) is 6.54 Å². The molecule has 0 spiro atoms. The first-order valence-corrected chi connectivity index (χ1v) is 7.70. The molecule has 0 fully saturated rings. The quantitative estimate of drug-likeness (QED) is 0.732. The van der Waals surface area contributed by atoms with Gasteiger partial charge in [0.05, 0.1) is 0 Å². The molecular formula is C18H16BrNO. The van der Waals surface area contributed by atoms with Gasteiger partial charge in [0.1, 0.15) is 11.5 Å². The van der Waals surface area contributed by atoms with Gasteiger partial charge in [0, 0.05) is 4.47 Å². The molecule has 0 aliphatic heterocycles. The molecule has 2 N–H and O–H groups in total. The second-order valence-corrected chi connectivity index (χ2v) is 5.86. The van der Waals surface area contributed by atoms with Crippen LogP contribution in [0, 0.1) is 0 Å². The monoisotopic (exact) mass is 341 g/mol. The number of hydrogen-bond acceptors (Lipinski definition) is 2. The molecule has 106 valence electrons. The van der Waals surface area contributed by atoms with Gasteiger partial charge < -0.3 is 10.5 Å². The molecule has 3 heteroatoms. The summed E-state index contributed by atoms with van der Waals surface area (Å²) in [6, 6.07) is 20.4. The summed E-state index contributed by atoms with van der Waals surface area (Å²) >= 11 is 3.49. The van der Waals surface area contributed by atoms with Crippen LogP contribution >= 0.6 is 15.9 Å². The van der Waals surface area contributed by atoms with E-state index in [1.807, 2.05) is 30.3 Å². The Bertz CT molecular complexity index is 770. The Balaban J connectivity index is 1.87. The van der Waals surface area contributed by atoms with Gasteiger partial charge in [-0.3, -0.25) is 0 Å². The third-order valence-corrected chi connectivity index (χ3v) is 3.83. The van der Waals surface area contributed by atoms with Gasteiger partial charge in [-0.1, -0.05) is 40.2 Å². The summed E-state index contributed by atoms with van der Waals surface area (Å²) in [5, 5.41) is 2.35. The molecule has 0 saturated heterocycles. The second-order valence-electron chi connectivity index (χ2n) is 4.94. The molecule has 0 aliphatic carbocycles. The summed E-state index contributed by atoms with van der Waals surface area (Å²) in [6.07, 6.45) is 0.864. The smallest absolute Gasteiger partial charge is 0.128 e. The Morgan fingerprint density at radius 2 is 1.62 bits per heavy atom. The number of benzene rings is 3. The van der Waals surface area contributed by atoms with E-state index in [4.69, 9.17) is 10.5 Å². The van der Waals surface area contributed by atoms with E-state index in [1.165, 1.54) is 10.9 Å². The highest BCUT2D eigenvalue weighted by Gasteiger charge is 2.01. The van der Waals surface area contributed by atoms with E-state index in [0.29, 0.717) is 6.54 Å². The van der Waals surface area contributed by atoms with Crippen LogP contribution in [-0.2, 0) is 6.42 Å². The van der Waals surface area contributed by atoms with Crippen molar-refractivity contribution in [2.24, 2.45) is 5.73 Å². The number of nitrogens with two attached hydrogens (primary N) is 1. The molecule has 3 rings (SSSR count). The zero-order valence-corrected chi connectivity index (χ0v) is 13.1. The average molecular weight is 342 g/mol. The molecule has 0 unspecified atom stereocenters. The first kappa shape index (κ1) is 14.1. The van der Waals surface area contributed by atoms with Crippen molar-refractivity contribution >= 4 is 26.7 Å². The van der Waals surface area contributed by atoms with Crippen LogP contribution in [0.25, 0.3) is 10.8 Å². The highest BCUT2D eigenvalue weighted by Crippen LogP contribution is 2.27. The van der Waals surface area contributed by atoms with Crippen molar-refractivity contribution in [3.8, 4) is 11.5 Å². The number of halogens is 1. The zero-order valence-electron chi connectivity index (χ0n) is 11.6. The number of fused-ring (bicyclic) bond motifs is 1. The summed E-state index contributed by atoms with van der Waals surface area (Å²) in [7, 11) is 0. The number of ether oxygens (including phenoxy) is 1. The van der Waals surface area contributed by atoms with Gasteiger partial charge in [0.2, 0.25) is 0 Å². The highest BCUT2D eigenvalue weighted by molar-refractivity contribution is 9.10. The van der Waals surface area contributed by atoms with Crippen LogP contribution in [0.1, 0.15) is 5.56 Å². The number of hydrogen-bond donors (Lipinski definition) is 1. The topological polar surface area (TPSA) is 35.2 Å². The third kappa shape index (κ3) is 3.43. The Morgan fingerprint density at radius 3 is 2.48 bits per heavy atom. The highest BCUT2D eigenvalue weighted by atomic mass is 79.9. The largest absolute Gasteiger partial charge is 0.457 e. The third-order valence-electron chi connectivity index (χ3n) is 3.34. The lowest BCUT2D eigenvalue weighted by atomic mass is 10.1. The predicted molar refractivity (Wildman–Crippen MR) is 90.9 cm³/mol. The minimum Gasteiger partial charge on any atom is -0.457 e. The molecule has 3 aromatic carbocycles. The van der Waals surface area contributed by atoms with Gasteiger partial charge >= 0.3 is 0 Å². The van der Waals surface area contributed by atoms with Crippen molar-refractivity contribution in [2.75, 3.05) is 6.54 Å². The maximum Gasteiger partial charge on any atom is 0.128 e. The molecule has 0 aromatic heterocycles. The van der Waals surface area contributed by atoms with E-state index in [0.717, 1.165) is 27.8 Å². The summed E-state index contributed by atoms with van der Waals surface area (Å²) in [5.74, 6) is 1.69. The zero-order chi connectivity index (χ0) is 14.7. The van der Waals surface area contributed by atoms with Crippen LogP contribution in [0.3, 0.4) is 0 Å². The Labute approximate surface area is 132 Å². The van der Waals surface area contributed by atoms with E-state index in [9.17, 15) is 0 Å². The molecule has 0 bridgehead atoms. The summed E-state index contributed by atoms with van der Waals surface area (Å²) in [5.41, 5.74) is 6.79. The van der Waals surface area contributed by atoms with Crippen molar-refractivity contribution in [3.63, 3.8) is 0 Å². The normalized spacial score (nSPS) is 10.8. The van der Waals surface area contributed by atoms with E-state index in [-0.39, 0.29) is 0 Å². The molecular weight excluding hydrogens is 326 g/mol. The molecule has 3 aromatic rings. The lowest BCUT2D eigenvalue weighted by Crippen LogP contribution is -2.02. The lowest BCUT2D eigenvalue weighted by molar-refractivity contribution is 0.483. The van der Waals surface area contributed by atoms with Crippen LogP contribution in [0.15, 0.2) is 65.1 Å². The molecule has 0 heterocycles. The summed E-state index contributed by atoms with van der Waals surface area (Å²) < 4.78 is 7.03. The maximum absolute atomic E-state index is 5.95. The summed E-state index contributed by atoms with van der Waals surface area (Å²) in [6.45, 7) is 0.647. The van der Waals surface area contributed by atoms with Crippen molar-refractivity contribution in [2.45, 2.75) is 6.42 Å². The molecule has 0 saturated carbocycles. The van der Waals surface area contributed by atoms with Crippen LogP contribution < -0.4 is 10.5 Å². The van der Waals surface area contributed by atoms with Gasteiger partial charge in [-0.15, -0.1) is 0 Å². The predicted octanol–water partition coefficient (Wildman–Crippen LogP) is 4.90. The first-order valence-electron chi connectivity index (χ1n) is 6.91. The maximum atomic E-state index is 5.95. The van der Waals surface area contributed by atoms with E-state index in [2.05, 4.69) is 46.3 Å². The van der Waals surface area contributed by atoms with Crippen molar-refractivity contribution in [1.29, 1.82) is 0 Å². The minimum absolute atomic E-state index is 0.647. The molecule has 0 atom stereocenters. The summed E-state index contributed by atoms with van der Waals surface area (Å²) in [4.78, 5) is 0. The fourth-order valence-corrected chi connectivity index (χ4v) is 2.70. The van der Waals surface area contributed by atoms with Crippen LogP contribution in [0.2, 0.25) is 0 Å². The van der Waals surface area contributed by atoms with Crippen LogP contribution in [0.5, 0.6) is 11.5 Å². The Kier molecular flexibility index (Phi) is 4.23. The van der Waals surface area contributed by atoms with Gasteiger partial charge in [0.25, 0.3) is 0 Å². The van der Waals surface area contributed by atoms with Gasteiger partial charge in [-0.25, -0.2) is 0 Å². The molecule has 0 aliphatic rings. The second kappa shape index (κ2) is 6.29. The average Bonchev–Trinajstić information content (AvgIpc) is 2.48. The van der Waals surface area contributed by atoms with E-state index in [1.54, 1.807) is 0 Å². The molecule has 0 radical (unpaired) electrons. The van der Waals surface area contributed by atoms with E-state index >= 15 is 0 Å². The van der Waals surface area contributed by atoms with Gasteiger partial charge in [0.15, 0.2) is 0 Å². The van der Waals surface area contributed by atoms with Crippen molar-refractivity contribution in [1.82, 2.24) is 0 Å². The fourth-order valence-electron chi connectivity index (χ4n) is 2.33. The minimum atomic E-state index is 0.647. The van der Waals surface area contributed by atoms with Gasteiger partial charge in [-0.05, 0) is 65.7 Å². The van der Waals surface area contributed by atoms with Gasteiger partial charge in [-0.2, -0.15) is 0 Å². The molecule has 2 nitrogen and oxygen atoms in total. The van der Waals surface area contributed by atoms with Crippen LogP contribution in [0.4, 0.5) is 0 Å². The van der Waals surface area contributed by atoms with Crippen molar-refractivity contribution in [3.05, 3.63) is 70.7 Å². The Hall–Kier alpha value is -1.84. The lowest BCUT2D eigenvalue weighted by Gasteiger charge is -2.08. The van der Waals surface area contributed by atoms with Crippen molar-refractivity contribution < 1.29 is 4.74 Å². The number of rotatable bonds is 4. The molecule has 21 heavy (non-hydrogen) atoms. The molecule has 0 amide bonds. The van der Waals surface area contributed by atoms with E-state index < -0.39 is 0 Å². The fraction of sp³-hybridized carbons (Fsp3) is 0.111. The standard InChI is InChI=1S/C18H16BrNO/c19-16-6-4-15-12-18(7-5-14(15)11-16)21-17-3-1-2-13(10-17)8-9-20/h1-7,10-12H,8-9,20H2. The SMILES string of the molecule is NCCc1cccc(Oc2ccc3cc(Br)ccc3c2)c1. The first-order chi connectivity index (χ1) is 10.2. The Morgan fingerprint density at radius 1 is 0.857 bits per heavy atom.